The number of aliphatic carboxylic acids is 1. The van der Waals surface area contributed by atoms with Gasteiger partial charge in [0.1, 0.15) is 0 Å². The van der Waals surface area contributed by atoms with Crippen molar-refractivity contribution in [2.45, 2.75) is 25.8 Å². The molecule has 1 rings (SSSR count). The summed E-state index contributed by atoms with van der Waals surface area (Å²) in [6, 6.07) is -2.03. The Hall–Kier alpha value is -1.67. The van der Waals surface area contributed by atoms with E-state index in [1.165, 1.54) is 11.3 Å². The van der Waals surface area contributed by atoms with Crippen molar-refractivity contribution >= 4 is 28.5 Å². The van der Waals surface area contributed by atoms with E-state index in [1.807, 2.05) is 19.2 Å². The summed E-state index contributed by atoms with van der Waals surface area (Å²) in [7, 11) is 0. The number of nitrogens with one attached hydrogen (secondary N) is 2. The van der Waals surface area contributed by atoms with E-state index in [9.17, 15) is 9.59 Å². The van der Waals surface area contributed by atoms with Gasteiger partial charge in [0.25, 0.3) is 0 Å². The fraction of sp³-hybridized carbons (Fsp3) is 0.500. The number of aliphatic hydroxyl groups is 1. The van der Waals surface area contributed by atoms with Gasteiger partial charge in [-0.1, -0.05) is 13.8 Å². The molecule has 0 spiro atoms. The Morgan fingerprint density at radius 1 is 1.50 bits per heavy atom. The van der Waals surface area contributed by atoms with Gasteiger partial charge in [-0.05, 0) is 5.92 Å². The average molecular weight is 273 g/mol. The predicted octanol–water partition coefficient (Wildman–Crippen LogP) is 0.834. The molecule has 0 aromatic carbocycles. The monoisotopic (exact) mass is 273 g/mol. The van der Waals surface area contributed by atoms with Crippen molar-refractivity contribution in [2.75, 3.05) is 11.9 Å². The summed E-state index contributed by atoms with van der Waals surface area (Å²) in [5.74, 6) is -1.04. The van der Waals surface area contributed by atoms with Crippen LogP contribution in [0.2, 0.25) is 0 Å². The van der Waals surface area contributed by atoms with Gasteiger partial charge in [0, 0.05) is 5.38 Å². The van der Waals surface area contributed by atoms with Crippen molar-refractivity contribution in [3.63, 3.8) is 0 Å². The lowest BCUT2D eigenvalue weighted by Gasteiger charge is -2.11. The summed E-state index contributed by atoms with van der Waals surface area (Å²) in [5.41, 5.74) is 0.854. The number of carboxylic acids is 1. The zero-order valence-corrected chi connectivity index (χ0v) is 10.8. The van der Waals surface area contributed by atoms with Gasteiger partial charge in [0.15, 0.2) is 11.2 Å². The predicted molar refractivity (Wildman–Crippen MR) is 66.9 cm³/mol. The van der Waals surface area contributed by atoms with Crippen molar-refractivity contribution in [3.05, 3.63) is 11.1 Å². The summed E-state index contributed by atoms with van der Waals surface area (Å²) in [5, 5.41) is 24.1. The van der Waals surface area contributed by atoms with E-state index in [1.54, 1.807) is 0 Å². The number of hydrogen-bond acceptors (Lipinski definition) is 5. The van der Waals surface area contributed by atoms with Gasteiger partial charge < -0.3 is 15.5 Å². The maximum absolute atomic E-state index is 11.4. The van der Waals surface area contributed by atoms with Crippen molar-refractivity contribution in [1.29, 1.82) is 0 Å². The first kappa shape index (κ1) is 14.4. The number of thiazole rings is 1. The summed E-state index contributed by atoms with van der Waals surface area (Å²) in [6.07, 6.45) is 0. The first-order valence-electron chi connectivity index (χ1n) is 5.30. The third-order valence-corrected chi connectivity index (χ3v) is 2.90. The lowest BCUT2D eigenvalue weighted by Crippen LogP contribution is -2.45. The number of carbonyl (C=O) groups is 2. The highest BCUT2D eigenvalue weighted by Gasteiger charge is 2.19. The van der Waals surface area contributed by atoms with Crippen LogP contribution in [0.1, 0.15) is 25.5 Å². The second-order valence-corrected chi connectivity index (χ2v) is 4.76. The van der Waals surface area contributed by atoms with Crippen LogP contribution in [0.5, 0.6) is 0 Å². The van der Waals surface area contributed by atoms with Crippen LogP contribution in [-0.4, -0.2) is 39.8 Å². The van der Waals surface area contributed by atoms with Crippen LogP contribution in [-0.2, 0) is 4.79 Å². The molecule has 2 amide bonds. The summed E-state index contributed by atoms with van der Waals surface area (Å²) < 4.78 is 0. The molecule has 7 nitrogen and oxygen atoms in total. The topological polar surface area (TPSA) is 112 Å². The van der Waals surface area contributed by atoms with Gasteiger partial charge in [-0.15, -0.1) is 11.3 Å². The summed E-state index contributed by atoms with van der Waals surface area (Å²) >= 11 is 1.26. The first-order valence-corrected chi connectivity index (χ1v) is 6.18. The highest BCUT2D eigenvalue weighted by atomic mass is 32.1. The van der Waals surface area contributed by atoms with Crippen molar-refractivity contribution < 1.29 is 19.8 Å². The Morgan fingerprint density at radius 3 is 2.61 bits per heavy atom. The average Bonchev–Trinajstić information content (AvgIpc) is 2.74. The molecule has 4 N–H and O–H groups in total. The molecule has 1 unspecified atom stereocenters. The number of hydrogen-bond donors (Lipinski definition) is 4. The van der Waals surface area contributed by atoms with Crippen LogP contribution >= 0.6 is 11.3 Å². The molecule has 0 fully saturated rings. The smallest absolute Gasteiger partial charge is 0.328 e. The zero-order valence-electron chi connectivity index (χ0n) is 10.0. The molecule has 0 radical (unpaired) electrons. The highest BCUT2D eigenvalue weighted by molar-refractivity contribution is 7.13. The Balaban J connectivity index is 2.56. The van der Waals surface area contributed by atoms with Gasteiger partial charge in [-0.25, -0.2) is 14.6 Å². The molecule has 0 saturated carbocycles. The number of aliphatic hydroxyl groups excluding tert-OH is 1. The highest BCUT2D eigenvalue weighted by Crippen LogP contribution is 2.21. The molecule has 0 bridgehead atoms. The molecular formula is C10H15N3O4S. The van der Waals surface area contributed by atoms with Crippen LogP contribution in [0, 0.1) is 0 Å². The number of aromatic nitrogens is 1. The molecular weight excluding hydrogens is 258 g/mol. The molecule has 1 aromatic rings. The normalized spacial score (nSPS) is 12.2. The number of anilines is 1. The van der Waals surface area contributed by atoms with Crippen molar-refractivity contribution in [1.82, 2.24) is 10.3 Å². The molecule has 0 saturated heterocycles. The number of carboxylic acid groups (broad SMARTS) is 1. The van der Waals surface area contributed by atoms with Crippen LogP contribution < -0.4 is 10.6 Å². The second kappa shape index (κ2) is 6.31. The standard InChI is InChI=1S/C10H15N3O4S/c1-5(2)7-4-18-10(12-7)13-9(17)11-6(3-14)8(15)16/h4-6,14H,3H2,1-2H3,(H,15,16)(H2,11,12,13,17). The molecule has 1 aromatic heterocycles. The second-order valence-electron chi connectivity index (χ2n) is 3.90. The maximum atomic E-state index is 11.4. The van der Waals surface area contributed by atoms with E-state index >= 15 is 0 Å². The van der Waals surface area contributed by atoms with Crippen LogP contribution in [0.25, 0.3) is 0 Å². The van der Waals surface area contributed by atoms with Gasteiger partial charge in [0.05, 0.1) is 12.3 Å². The minimum Gasteiger partial charge on any atom is -0.480 e. The largest absolute Gasteiger partial charge is 0.480 e. The minimum absolute atomic E-state index is 0.254. The number of amides is 2. The molecule has 1 heterocycles. The van der Waals surface area contributed by atoms with E-state index in [0.29, 0.717) is 5.13 Å². The Morgan fingerprint density at radius 2 is 2.17 bits per heavy atom. The summed E-state index contributed by atoms with van der Waals surface area (Å²) in [4.78, 5) is 26.2. The third-order valence-electron chi connectivity index (χ3n) is 2.12. The van der Waals surface area contributed by atoms with Gasteiger partial charge in [-0.2, -0.15) is 0 Å². The fourth-order valence-corrected chi connectivity index (χ4v) is 1.95. The lowest BCUT2D eigenvalue weighted by molar-refractivity contribution is -0.140. The van der Waals surface area contributed by atoms with Gasteiger partial charge in [0.2, 0.25) is 0 Å². The van der Waals surface area contributed by atoms with E-state index in [-0.39, 0.29) is 5.92 Å². The molecule has 1 atom stereocenters. The quantitative estimate of drug-likeness (QED) is 0.635. The maximum Gasteiger partial charge on any atom is 0.328 e. The van der Waals surface area contributed by atoms with Crippen LogP contribution in [0.15, 0.2) is 5.38 Å². The molecule has 0 aliphatic carbocycles. The molecule has 18 heavy (non-hydrogen) atoms. The van der Waals surface area contributed by atoms with E-state index < -0.39 is 24.6 Å². The molecule has 8 heteroatoms. The van der Waals surface area contributed by atoms with Crippen molar-refractivity contribution in [3.8, 4) is 0 Å². The van der Waals surface area contributed by atoms with Gasteiger partial charge in [-0.3, -0.25) is 5.32 Å². The number of rotatable bonds is 5. The Kier molecular flexibility index (Phi) is 5.05. The van der Waals surface area contributed by atoms with E-state index in [2.05, 4.69) is 15.6 Å². The third kappa shape index (κ3) is 3.97. The lowest BCUT2D eigenvalue weighted by atomic mass is 10.2. The van der Waals surface area contributed by atoms with Crippen LogP contribution in [0.4, 0.5) is 9.93 Å². The Labute approximate surface area is 108 Å². The van der Waals surface area contributed by atoms with Crippen molar-refractivity contribution in [2.24, 2.45) is 0 Å². The summed E-state index contributed by atoms with van der Waals surface area (Å²) in [6.45, 7) is 3.29. The fourth-order valence-electron chi connectivity index (χ4n) is 1.09. The van der Waals surface area contributed by atoms with E-state index in [0.717, 1.165) is 5.69 Å². The Bertz CT molecular complexity index is 433. The van der Waals surface area contributed by atoms with E-state index in [4.69, 9.17) is 10.2 Å². The first-order chi connectivity index (χ1) is 8.43. The molecule has 100 valence electrons. The SMILES string of the molecule is CC(C)c1csc(NC(=O)NC(CO)C(=O)O)n1. The molecule has 0 aliphatic heterocycles. The van der Waals surface area contributed by atoms with Crippen LogP contribution in [0.3, 0.4) is 0 Å². The molecule has 0 aliphatic rings. The number of urea groups is 1. The number of nitrogens with zero attached hydrogens (tertiary/aromatic N) is 1. The number of carbonyl (C=O) groups excluding carboxylic acids is 1. The zero-order chi connectivity index (χ0) is 13.7. The van der Waals surface area contributed by atoms with Gasteiger partial charge >= 0.3 is 12.0 Å². The minimum atomic E-state index is -1.32.